The molecule has 1 aromatic carbocycles. The molecule has 0 heterocycles. The maximum Gasteiger partial charge on any atom is 0.325 e. The van der Waals surface area contributed by atoms with Gasteiger partial charge in [0.15, 0.2) is 0 Å². The molecule has 0 aliphatic heterocycles. The monoisotopic (exact) mass is 239 g/mol. The SMILES string of the molecule is COc1cc(C)c(OC)c(C(N)C(=O)O)c1C. The van der Waals surface area contributed by atoms with Gasteiger partial charge in [-0.1, -0.05) is 0 Å². The third kappa shape index (κ3) is 2.34. The van der Waals surface area contributed by atoms with Crippen molar-refractivity contribution in [1.29, 1.82) is 0 Å². The summed E-state index contributed by atoms with van der Waals surface area (Å²) in [5, 5.41) is 9.01. The number of carboxylic acid groups (broad SMARTS) is 1. The predicted molar refractivity (Wildman–Crippen MR) is 63.6 cm³/mol. The van der Waals surface area contributed by atoms with Crippen LogP contribution in [-0.4, -0.2) is 25.3 Å². The summed E-state index contributed by atoms with van der Waals surface area (Å²) in [4.78, 5) is 11.0. The Kier molecular flexibility index (Phi) is 3.96. The van der Waals surface area contributed by atoms with Crippen LogP contribution >= 0.6 is 0 Å². The molecule has 3 N–H and O–H groups in total. The Balaban J connectivity index is 3.52. The molecule has 0 radical (unpaired) electrons. The van der Waals surface area contributed by atoms with Crippen LogP contribution in [0, 0.1) is 13.8 Å². The van der Waals surface area contributed by atoms with E-state index in [0.29, 0.717) is 22.6 Å². The molecular formula is C12H17NO4. The normalized spacial score (nSPS) is 12.1. The highest BCUT2D eigenvalue weighted by Gasteiger charge is 2.24. The van der Waals surface area contributed by atoms with E-state index in [2.05, 4.69) is 0 Å². The molecule has 1 atom stereocenters. The van der Waals surface area contributed by atoms with Crippen LogP contribution in [0.4, 0.5) is 0 Å². The van der Waals surface area contributed by atoms with Crippen LogP contribution in [0.15, 0.2) is 6.07 Å². The largest absolute Gasteiger partial charge is 0.496 e. The molecule has 94 valence electrons. The van der Waals surface area contributed by atoms with E-state index >= 15 is 0 Å². The van der Waals surface area contributed by atoms with Gasteiger partial charge in [-0.2, -0.15) is 0 Å². The van der Waals surface area contributed by atoms with E-state index < -0.39 is 12.0 Å². The first-order valence-electron chi connectivity index (χ1n) is 5.14. The molecule has 0 fully saturated rings. The molecule has 0 aliphatic carbocycles. The average Bonchev–Trinajstić information content (AvgIpc) is 2.29. The van der Waals surface area contributed by atoms with Crippen molar-refractivity contribution >= 4 is 5.97 Å². The van der Waals surface area contributed by atoms with Gasteiger partial charge in [-0.05, 0) is 25.5 Å². The topological polar surface area (TPSA) is 81.8 Å². The van der Waals surface area contributed by atoms with Crippen LogP contribution < -0.4 is 15.2 Å². The average molecular weight is 239 g/mol. The summed E-state index contributed by atoms with van der Waals surface area (Å²) >= 11 is 0. The molecule has 0 aromatic heterocycles. The second-order valence-electron chi connectivity index (χ2n) is 3.78. The summed E-state index contributed by atoms with van der Waals surface area (Å²) < 4.78 is 10.4. The molecular weight excluding hydrogens is 222 g/mol. The second kappa shape index (κ2) is 5.05. The fourth-order valence-corrected chi connectivity index (χ4v) is 1.87. The minimum Gasteiger partial charge on any atom is -0.496 e. The van der Waals surface area contributed by atoms with E-state index in [-0.39, 0.29) is 0 Å². The van der Waals surface area contributed by atoms with E-state index in [9.17, 15) is 4.79 Å². The number of aryl methyl sites for hydroxylation is 1. The van der Waals surface area contributed by atoms with Crippen LogP contribution in [0.5, 0.6) is 11.5 Å². The summed E-state index contributed by atoms with van der Waals surface area (Å²) in [6.07, 6.45) is 0. The van der Waals surface area contributed by atoms with Crippen molar-refractivity contribution in [2.75, 3.05) is 14.2 Å². The molecule has 5 nitrogen and oxygen atoms in total. The number of rotatable bonds is 4. The minimum atomic E-state index is -1.13. The number of methoxy groups -OCH3 is 2. The number of hydrogen-bond donors (Lipinski definition) is 2. The van der Waals surface area contributed by atoms with Crippen molar-refractivity contribution in [2.45, 2.75) is 19.9 Å². The van der Waals surface area contributed by atoms with E-state index in [1.54, 1.807) is 13.0 Å². The molecule has 0 bridgehead atoms. The summed E-state index contributed by atoms with van der Waals surface area (Å²) in [6.45, 7) is 3.58. The summed E-state index contributed by atoms with van der Waals surface area (Å²) in [5.74, 6) is 0.00672. The number of benzene rings is 1. The van der Waals surface area contributed by atoms with Gasteiger partial charge in [-0.25, -0.2) is 0 Å². The molecule has 0 amide bonds. The van der Waals surface area contributed by atoms with Crippen molar-refractivity contribution in [3.8, 4) is 11.5 Å². The zero-order valence-electron chi connectivity index (χ0n) is 10.4. The van der Waals surface area contributed by atoms with Gasteiger partial charge in [-0.3, -0.25) is 4.79 Å². The fraction of sp³-hybridized carbons (Fsp3) is 0.417. The van der Waals surface area contributed by atoms with Crippen molar-refractivity contribution < 1.29 is 19.4 Å². The van der Waals surface area contributed by atoms with E-state index in [1.165, 1.54) is 14.2 Å². The molecule has 0 aliphatic rings. The number of nitrogens with two attached hydrogens (primary N) is 1. The van der Waals surface area contributed by atoms with Crippen LogP contribution in [0.25, 0.3) is 0 Å². The van der Waals surface area contributed by atoms with Gasteiger partial charge in [0.05, 0.1) is 14.2 Å². The Morgan fingerprint density at radius 2 is 1.94 bits per heavy atom. The van der Waals surface area contributed by atoms with E-state index in [4.69, 9.17) is 20.3 Å². The maximum atomic E-state index is 11.0. The lowest BCUT2D eigenvalue weighted by atomic mass is 9.96. The van der Waals surface area contributed by atoms with Crippen molar-refractivity contribution in [1.82, 2.24) is 0 Å². The van der Waals surface area contributed by atoms with Gasteiger partial charge in [0.25, 0.3) is 0 Å². The van der Waals surface area contributed by atoms with Gasteiger partial charge >= 0.3 is 5.97 Å². The number of ether oxygens (including phenoxy) is 2. The zero-order chi connectivity index (χ0) is 13.2. The Labute approximate surface area is 100 Å². The second-order valence-corrected chi connectivity index (χ2v) is 3.78. The van der Waals surface area contributed by atoms with E-state index in [1.807, 2.05) is 6.92 Å². The molecule has 17 heavy (non-hydrogen) atoms. The Hall–Kier alpha value is -1.75. The Morgan fingerprint density at radius 3 is 2.35 bits per heavy atom. The minimum absolute atomic E-state index is 0.455. The van der Waals surface area contributed by atoms with Gasteiger partial charge in [-0.15, -0.1) is 0 Å². The lowest BCUT2D eigenvalue weighted by molar-refractivity contribution is -0.138. The van der Waals surface area contributed by atoms with E-state index in [0.717, 1.165) is 5.56 Å². The Bertz CT molecular complexity index is 443. The highest BCUT2D eigenvalue weighted by Crippen LogP contribution is 2.36. The van der Waals surface area contributed by atoms with Crippen LogP contribution in [0.3, 0.4) is 0 Å². The standard InChI is InChI=1S/C12H17NO4/c1-6-5-8(16-3)7(2)9(11(6)17-4)10(13)12(14)15/h5,10H,13H2,1-4H3,(H,14,15). The number of aliphatic carboxylic acids is 1. The third-order valence-electron chi connectivity index (χ3n) is 2.73. The number of hydrogen-bond acceptors (Lipinski definition) is 4. The molecule has 1 aromatic rings. The summed E-state index contributed by atoms with van der Waals surface area (Å²) in [7, 11) is 3.02. The molecule has 1 rings (SSSR count). The summed E-state index contributed by atoms with van der Waals surface area (Å²) in [6, 6.07) is 0.672. The van der Waals surface area contributed by atoms with Gasteiger partial charge in [0.1, 0.15) is 17.5 Å². The zero-order valence-corrected chi connectivity index (χ0v) is 10.4. The molecule has 0 spiro atoms. The van der Waals surface area contributed by atoms with Crippen LogP contribution in [-0.2, 0) is 4.79 Å². The van der Waals surface area contributed by atoms with Crippen LogP contribution in [0.2, 0.25) is 0 Å². The van der Waals surface area contributed by atoms with Crippen molar-refractivity contribution in [3.05, 3.63) is 22.8 Å². The maximum absolute atomic E-state index is 11.0. The lowest BCUT2D eigenvalue weighted by Gasteiger charge is -2.19. The molecule has 1 unspecified atom stereocenters. The highest BCUT2D eigenvalue weighted by atomic mass is 16.5. The van der Waals surface area contributed by atoms with Crippen molar-refractivity contribution in [3.63, 3.8) is 0 Å². The first-order chi connectivity index (χ1) is 7.93. The molecule has 5 heteroatoms. The fourth-order valence-electron chi connectivity index (χ4n) is 1.87. The predicted octanol–water partition coefficient (Wildman–Crippen LogP) is 1.41. The molecule has 0 saturated carbocycles. The quantitative estimate of drug-likeness (QED) is 0.830. The number of carboxylic acids is 1. The Morgan fingerprint density at radius 1 is 1.35 bits per heavy atom. The van der Waals surface area contributed by atoms with Gasteiger partial charge < -0.3 is 20.3 Å². The first kappa shape index (κ1) is 13.3. The molecule has 0 saturated heterocycles. The third-order valence-corrected chi connectivity index (χ3v) is 2.73. The lowest BCUT2D eigenvalue weighted by Crippen LogP contribution is -2.23. The highest BCUT2D eigenvalue weighted by molar-refractivity contribution is 5.78. The smallest absolute Gasteiger partial charge is 0.325 e. The summed E-state index contributed by atoms with van der Waals surface area (Å²) in [5.41, 5.74) is 7.61. The van der Waals surface area contributed by atoms with Gasteiger partial charge in [0, 0.05) is 11.1 Å². The van der Waals surface area contributed by atoms with Gasteiger partial charge in [0.2, 0.25) is 0 Å². The number of carbonyl (C=O) groups is 1. The first-order valence-corrected chi connectivity index (χ1v) is 5.14. The van der Waals surface area contributed by atoms with Crippen molar-refractivity contribution in [2.24, 2.45) is 5.73 Å². The van der Waals surface area contributed by atoms with Crippen LogP contribution in [0.1, 0.15) is 22.7 Å².